The minimum atomic E-state index is 0.511. The Morgan fingerprint density at radius 3 is 2.43 bits per heavy atom. The zero-order chi connectivity index (χ0) is 9.80. The molecular formula is C11H11N3. The van der Waals surface area contributed by atoms with Gasteiger partial charge in [0.1, 0.15) is 5.82 Å². The zero-order valence-corrected chi connectivity index (χ0v) is 7.72. The summed E-state index contributed by atoms with van der Waals surface area (Å²) in [6.45, 7) is 0. The van der Waals surface area contributed by atoms with Gasteiger partial charge in [0.2, 0.25) is 0 Å². The van der Waals surface area contributed by atoms with Crippen molar-refractivity contribution in [2.24, 2.45) is 0 Å². The fourth-order valence-electron chi connectivity index (χ4n) is 1.30. The van der Waals surface area contributed by atoms with Gasteiger partial charge in [-0.05, 0) is 5.56 Å². The molecule has 1 heterocycles. The Morgan fingerprint density at radius 2 is 1.71 bits per heavy atom. The van der Waals surface area contributed by atoms with Crippen LogP contribution >= 0.6 is 0 Å². The van der Waals surface area contributed by atoms with Crippen molar-refractivity contribution < 1.29 is 0 Å². The van der Waals surface area contributed by atoms with Crippen molar-refractivity contribution in [1.82, 2.24) is 9.97 Å². The molecule has 0 bridgehead atoms. The van der Waals surface area contributed by atoms with Gasteiger partial charge in [0.05, 0.1) is 5.69 Å². The number of aromatic nitrogens is 2. The number of nitrogens with two attached hydrogens (primary N) is 1. The van der Waals surface area contributed by atoms with Crippen molar-refractivity contribution in [2.45, 2.75) is 6.42 Å². The maximum absolute atomic E-state index is 5.69. The van der Waals surface area contributed by atoms with E-state index in [9.17, 15) is 0 Å². The predicted molar refractivity (Wildman–Crippen MR) is 55.7 cm³/mol. The second kappa shape index (κ2) is 3.87. The summed E-state index contributed by atoms with van der Waals surface area (Å²) in [4.78, 5) is 8.18. The van der Waals surface area contributed by atoms with Crippen LogP contribution in [0.25, 0.3) is 0 Å². The van der Waals surface area contributed by atoms with Gasteiger partial charge in [-0.15, -0.1) is 0 Å². The molecule has 0 amide bonds. The highest BCUT2D eigenvalue weighted by molar-refractivity contribution is 5.36. The third-order valence-electron chi connectivity index (χ3n) is 2.02. The maximum Gasteiger partial charge on any atom is 0.145 e. The van der Waals surface area contributed by atoms with Crippen LogP contribution in [0, 0.1) is 0 Å². The molecule has 0 spiro atoms. The molecule has 2 N–H and O–H groups in total. The first kappa shape index (κ1) is 8.69. The Kier molecular flexibility index (Phi) is 2.40. The molecule has 0 aliphatic heterocycles. The average Bonchev–Trinajstić information content (AvgIpc) is 2.23. The van der Waals surface area contributed by atoms with E-state index in [0.717, 1.165) is 12.1 Å². The van der Waals surface area contributed by atoms with Crippen LogP contribution in [-0.4, -0.2) is 9.97 Å². The molecule has 0 saturated heterocycles. The second-order valence-electron chi connectivity index (χ2n) is 3.05. The van der Waals surface area contributed by atoms with Gasteiger partial charge in [-0.1, -0.05) is 30.3 Å². The van der Waals surface area contributed by atoms with Crippen molar-refractivity contribution in [3.63, 3.8) is 0 Å². The van der Waals surface area contributed by atoms with Crippen LogP contribution in [0.3, 0.4) is 0 Å². The Labute approximate surface area is 82.6 Å². The lowest BCUT2D eigenvalue weighted by molar-refractivity contribution is 1.04. The monoisotopic (exact) mass is 185 g/mol. The first-order valence-electron chi connectivity index (χ1n) is 4.45. The van der Waals surface area contributed by atoms with Crippen LogP contribution in [0.4, 0.5) is 5.82 Å². The van der Waals surface area contributed by atoms with E-state index in [1.54, 1.807) is 12.4 Å². The molecule has 0 radical (unpaired) electrons. The van der Waals surface area contributed by atoms with Crippen LogP contribution in [0.2, 0.25) is 0 Å². The van der Waals surface area contributed by atoms with E-state index in [-0.39, 0.29) is 0 Å². The molecule has 0 unspecified atom stereocenters. The molecule has 0 aliphatic carbocycles. The third kappa shape index (κ3) is 1.88. The molecule has 2 aromatic rings. The zero-order valence-electron chi connectivity index (χ0n) is 7.72. The molecule has 2 rings (SSSR count). The number of anilines is 1. The lowest BCUT2D eigenvalue weighted by Crippen LogP contribution is -2.00. The summed E-state index contributed by atoms with van der Waals surface area (Å²) < 4.78 is 0. The van der Waals surface area contributed by atoms with Gasteiger partial charge in [-0.25, -0.2) is 4.98 Å². The Bertz CT molecular complexity index is 412. The van der Waals surface area contributed by atoms with Gasteiger partial charge in [0.15, 0.2) is 0 Å². The van der Waals surface area contributed by atoms with E-state index in [2.05, 4.69) is 9.97 Å². The van der Waals surface area contributed by atoms with Crippen molar-refractivity contribution in [3.8, 4) is 0 Å². The van der Waals surface area contributed by atoms with Crippen LogP contribution < -0.4 is 5.73 Å². The third-order valence-corrected chi connectivity index (χ3v) is 2.02. The van der Waals surface area contributed by atoms with E-state index in [4.69, 9.17) is 5.73 Å². The van der Waals surface area contributed by atoms with Gasteiger partial charge < -0.3 is 5.73 Å². The standard InChI is InChI=1S/C11H11N3/c12-11-10(13-6-7-14-11)8-9-4-2-1-3-5-9/h1-7H,8H2,(H2,12,14). The number of rotatable bonds is 2. The molecule has 1 aromatic heterocycles. The molecule has 14 heavy (non-hydrogen) atoms. The van der Waals surface area contributed by atoms with E-state index in [1.165, 1.54) is 5.56 Å². The van der Waals surface area contributed by atoms with Gasteiger partial charge in [-0.2, -0.15) is 0 Å². The number of hydrogen-bond acceptors (Lipinski definition) is 3. The molecule has 0 aliphatic rings. The van der Waals surface area contributed by atoms with Crippen molar-refractivity contribution in [3.05, 3.63) is 54.0 Å². The molecule has 0 fully saturated rings. The van der Waals surface area contributed by atoms with Crippen LogP contribution in [-0.2, 0) is 6.42 Å². The molecule has 3 heteroatoms. The Morgan fingerprint density at radius 1 is 1.00 bits per heavy atom. The quantitative estimate of drug-likeness (QED) is 0.774. The minimum absolute atomic E-state index is 0.511. The summed E-state index contributed by atoms with van der Waals surface area (Å²) in [6, 6.07) is 10.1. The molecule has 0 saturated carbocycles. The summed E-state index contributed by atoms with van der Waals surface area (Å²) in [5.41, 5.74) is 7.72. The van der Waals surface area contributed by atoms with Crippen LogP contribution in [0.1, 0.15) is 11.3 Å². The topological polar surface area (TPSA) is 51.8 Å². The van der Waals surface area contributed by atoms with E-state index < -0.39 is 0 Å². The number of nitrogen functional groups attached to an aromatic ring is 1. The lowest BCUT2D eigenvalue weighted by Gasteiger charge is -2.02. The number of benzene rings is 1. The molecule has 1 aromatic carbocycles. The van der Waals surface area contributed by atoms with E-state index in [0.29, 0.717) is 5.82 Å². The van der Waals surface area contributed by atoms with Crippen LogP contribution in [0.15, 0.2) is 42.7 Å². The van der Waals surface area contributed by atoms with E-state index >= 15 is 0 Å². The molecule has 3 nitrogen and oxygen atoms in total. The molecule has 0 atom stereocenters. The van der Waals surface area contributed by atoms with Crippen molar-refractivity contribution in [2.75, 3.05) is 5.73 Å². The number of nitrogens with zero attached hydrogens (tertiary/aromatic N) is 2. The van der Waals surface area contributed by atoms with Crippen LogP contribution in [0.5, 0.6) is 0 Å². The largest absolute Gasteiger partial charge is 0.382 e. The summed E-state index contributed by atoms with van der Waals surface area (Å²) in [6.07, 6.45) is 4.00. The summed E-state index contributed by atoms with van der Waals surface area (Å²) in [7, 11) is 0. The van der Waals surface area contributed by atoms with Crippen molar-refractivity contribution >= 4 is 5.82 Å². The van der Waals surface area contributed by atoms with Crippen molar-refractivity contribution in [1.29, 1.82) is 0 Å². The second-order valence-corrected chi connectivity index (χ2v) is 3.05. The van der Waals surface area contributed by atoms with Gasteiger partial charge in [0.25, 0.3) is 0 Å². The fourth-order valence-corrected chi connectivity index (χ4v) is 1.30. The molecular weight excluding hydrogens is 174 g/mol. The van der Waals surface area contributed by atoms with E-state index in [1.807, 2.05) is 30.3 Å². The highest BCUT2D eigenvalue weighted by atomic mass is 14.9. The van der Waals surface area contributed by atoms with Gasteiger partial charge in [-0.3, -0.25) is 4.98 Å². The normalized spacial score (nSPS) is 10.0. The first-order valence-corrected chi connectivity index (χ1v) is 4.45. The fraction of sp³-hybridized carbons (Fsp3) is 0.0909. The minimum Gasteiger partial charge on any atom is -0.382 e. The Balaban J connectivity index is 2.24. The summed E-state index contributed by atoms with van der Waals surface area (Å²) in [5.74, 6) is 0.511. The average molecular weight is 185 g/mol. The highest BCUT2D eigenvalue weighted by Gasteiger charge is 2.01. The number of hydrogen-bond donors (Lipinski definition) is 1. The highest BCUT2D eigenvalue weighted by Crippen LogP contribution is 2.10. The first-order chi connectivity index (χ1) is 6.86. The predicted octanol–water partition coefficient (Wildman–Crippen LogP) is 1.65. The summed E-state index contributed by atoms with van der Waals surface area (Å²) >= 11 is 0. The maximum atomic E-state index is 5.69. The Hall–Kier alpha value is -1.90. The molecule has 70 valence electrons. The summed E-state index contributed by atoms with van der Waals surface area (Å²) in [5, 5.41) is 0. The lowest BCUT2D eigenvalue weighted by atomic mass is 10.1. The smallest absolute Gasteiger partial charge is 0.145 e. The van der Waals surface area contributed by atoms with Gasteiger partial charge in [0, 0.05) is 18.8 Å². The van der Waals surface area contributed by atoms with Gasteiger partial charge >= 0.3 is 0 Å². The SMILES string of the molecule is Nc1nccnc1Cc1ccccc1.